The van der Waals surface area contributed by atoms with Gasteiger partial charge in [0.2, 0.25) is 0 Å². The van der Waals surface area contributed by atoms with Crippen LogP contribution in [0.4, 0.5) is 0 Å². The van der Waals surface area contributed by atoms with Crippen molar-refractivity contribution in [2.45, 2.75) is 341 Å². The van der Waals surface area contributed by atoms with Gasteiger partial charge in [-0.1, -0.05) is 304 Å². The summed E-state index contributed by atoms with van der Waals surface area (Å²) in [6, 6.07) is 0. The average molecular weight is 1140 g/mol. The molecule has 0 aliphatic carbocycles. The molecular weight excluding hydrogens is 1010 g/mol. The molecule has 0 heterocycles. The first-order valence-electron chi connectivity index (χ1n) is 34.9. The number of esters is 3. The first kappa shape index (κ1) is 78.1. The van der Waals surface area contributed by atoms with E-state index in [1.165, 1.54) is 180 Å². The summed E-state index contributed by atoms with van der Waals surface area (Å²) in [5, 5.41) is 0. The lowest BCUT2D eigenvalue weighted by Gasteiger charge is -2.18. The second-order valence-corrected chi connectivity index (χ2v) is 23.1. The molecule has 6 heteroatoms. The highest BCUT2D eigenvalue weighted by Gasteiger charge is 2.19. The van der Waals surface area contributed by atoms with Gasteiger partial charge in [0.25, 0.3) is 0 Å². The highest BCUT2D eigenvalue weighted by molar-refractivity contribution is 5.71. The van der Waals surface area contributed by atoms with Crippen LogP contribution in [0.25, 0.3) is 0 Å². The van der Waals surface area contributed by atoms with Crippen molar-refractivity contribution < 1.29 is 28.6 Å². The van der Waals surface area contributed by atoms with Gasteiger partial charge in [0.05, 0.1) is 0 Å². The normalized spacial score (nSPS) is 12.8. The highest BCUT2D eigenvalue weighted by Crippen LogP contribution is 2.17. The Morgan fingerprint density at radius 3 is 0.780 bits per heavy atom. The van der Waals surface area contributed by atoms with E-state index in [0.717, 1.165) is 116 Å². The lowest BCUT2D eigenvalue weighted by atomic mass is 10.0. The van der Waals surface area contributed by atoms with Crippen LogP contribution >= 0.6 is 0 Å². The number of carbonyl (C=O) groups excluding carboxylic acids is 3. The second-order valence-electron chi connectivity index (χ2n) is 23.1. The van der Waals surface area contributed by atoms with E-state index in [0.29, 0.717) is 19.3 Å². The fourth-order valence-corrected chi connectivity index (χ4v) is 9.75. The van der Waals surface area contributed by atoms with Crippen LogP contribution in [0.2, 0.25) is 0 Å². The zero-order valence-corrected chi connectivity index (χ0v) is 54.0. The van der Waals surface area contributed by atoms with Crippen molar-refractivity contribution in [3.8, 4) is 0 Å². The second kappa shape index (κ2) is 69.6. The lowest BCUT2D eigenvalue weighted by molar-refractivity contribution is -0.167. The Balaban J connectivity index is 4.25. The molecule has 1 unspecified atom stereocenters. The van der Waals surface area contributed by atoms with Gasteiger partial charge in [-0.2, -0.15) is 0 Å². The molecule has 0 fully saturated rings. The maximum atomic E-state index is 12.9. The Bertz CT molecular complexity index is 1640. The van der Waals surface area contributed by atoms with Crippen LogP contribution in [-0.2, 0) is 28.6 Å². The molecular formula is C76H130O6. The lowest BCUT2D eigenvalue weighted by Crippen LogP contribution is -2.30. The van der Waals surface area contributed by atoms with E-state index >= 15 is 0 Å². The van der Waals surface area contributed by atoms with Crippen molar-refractivity contribution in [2.24, 2.45) is 0 Å². The predicted octanol–water partition coefficient (Wildman–Crippen LogP) is 24.2. The van der Waals surface area contributed by atoms with Gasteiger partial charge >= 0.3 is 17.9 Å². The standard InChI is InChI=1S/C76H130O6/c1-4-7-10-13-16-19-22-25-28-30-32-33-34-35-36-37-38-39-40-41-42-43-45-46-48-51-54-57-60-63-66-69-75(78)81-72-73(71-80-74(77)68-65-62-59-56-53-50-27-24-21-18-15-12-9-6-3)82-76(79)70-67-64-61-58-55-52-49-47-44-31-29-26-23-20-17-14-11-8-5-2/h7,10,15-20,24-29,32-33,35-36,73H,4-6,8-9,11-14,21-23,30-31,34,37-72H2,1-3H3/b10-7-,18-15-,19-16-,20-17-,27-24-,28-25-,29-26-,33-32-,36-35-. The van der Waals surface area contributed by atoms with Crippen molar-refractivity contribution in [1.82, 2.24) is 0 Å². The molecule has 0 aliphatic heterocycles. The van der Waals surface area contributed by atoms with Gasteiger partial charge in [-0.15, -0.1) is 0 Å². The van der Waals surface area contributed by atoms with E-state index < -0.39 is 6.10 Å². The Labute approximate surface area is 508 Å². The summed E-state index contributed by atoms with van der Waals surface area (Å²) in [5.74, 6) is -0.889. The molecule has 1 atom stereocenters. The van der Waals surface area contributed by atoms with Gasteiger partial charge in [0.15, 0.2) is 6.10 Å². The first-order valence-corrected chi connectivity index (χ1v) is 34.9. The monoisotopic (exact) mass is 1140 g/mol. The molecule has 0 aromatic heterocycles. The van der Waals surface area contributed by atoms with Crippen LogP contribution in [0.5, 0.6) is 0 Å². The van der Waals surface area contributed by atoms with E-state index in [4.69, 9.17) is 14.2 Å². The average Bonchev–Trinajstić information content (AvgIpc) is 3.47. The number of hydrogen-bond donors (Lipinski definition) is 0. The highest BCUT2D eigenvalue weighted by atomic mass is 16.6. The van der Waals surface area contributed by atoms with E-state index in [9.17, 15) is 14.4 Å². The number of allylic oxidation sites excluding steroid dienone is 18. The molecule has 0 aliphatic rings. The molecule has 82 heavy (non-hydrogen) atoms. The molecule has 0 saturated carbocycles. The number of carbonyl (C=O) groups is 3. The van der Waals surface area contributed by atoms with E-state index in [-0.39, 0.29) is 31.1 Å². The van der Waals surface area contributed by atoms with Crippen LogP contribution < -0.4 is 0 Å². The Kier molecular flexibility index (Phi) is 66.2. The van der Waals surface area contributed by atoms with Crippen LogP contribution in [-0.4, -0.2) is 37.2 Å². The van der Waals surface area contributed by atoms with Crippen LogP contribution in [0, 0.1) is 0 Å². The van der Waals surface area contributed by atoms with Gasteiger partial charge < -0.3 is 14.2 Å². The minimum Gasteiger partial charge on any atom is -0.462 e. The largest absolute Gasteiger partial charge is 0.462 e. The smallest absolute Gasteiger partial charge is 0.306 e. The van der Waals surface area contributed by atoms with E-state index in [2.05, 4.69) is 130 Å². The molecule has 6 nitrogen and oxygen atoms in total. The maximum Gasteiger partial charge on any atom is 0.306 e. The number of hydrogen-bond acceptors (Lipinski definition) is 6. The van der Waals surface area contributed by atoms with Crippen molar-refractivity contribution >= 4 is 17.9 Å². The molecule has 0 amide bonds. The summed E-state index contributed by atoms with van der Waals surface area (Å²) < 4.78 is 17.0. The first-order chi connectivity index (χ1) is 40.5. The minimum absolute atomic E-state index is 0.0826. The van der Waals surface area contributed by atoms with Crippen molar-refractivity contribution in [3.63, 3.8) is 0 Å². The molecule has 0 aromatic carbocycles. The zero-order valence-electron chi connectivity index (χ0n) is 54.0. The van der Waals surface area contributed by atoms with Gasteiger partial charge in [0, 0.05) is 19.3 Å². The minimum atomic E-state index is -0.788. The quantitative estimate of drug-likeness (QED) is 0.0261. The molecule has 0 N–H and O–H groups in total. The molecule has 0 spiro atoms. The molecule has 0 rings (SSSR count). The topological polar surface area (TPSA) is 78.9 Å². The number of ether oxygens (including phenoxy) is 3. The van der Waals surface area contributed by atoms with Crippen molar-refractivity contribution in [3.05, 3.63) is 109 Å². The van der Waals surface area contributed by atoms with Gasteiger partial charge in [0.1, 0.15) is 13.2 Å². The summed E-state index contributed by atoms with van der Waals surface area (Å²) in [7, 11) is 0. The van der Waals surface area contributed by atoms with Crippen LogP contribution in [0.3, 0.4) is 0 Å². The summed E-state index contributed by atoms with van der Waals surface area (Å²) in [6.07, 6.45) is 95.4. The summed E-state index contributed by atoms with van der Waals surface area (Å²) in [5.41, 5.74) is 0. The van der Waals surface area contributed by atoms with Crippen molar-refractivity contribution in [2.75, 3.05) is 13.2 Å². The SMILES string of the molecule is CC/C=C\C/C=C\C/C=C\C/C=C\C/C=C\CCCCCCCCCCCCCCCCCC(=O)OCC(COC(=O)CCCCCCC/C=C\C/C=C\CCCC)OC(=O)CCCCCCCCCCC/C=C\C/C=C\CCCCC. The van der Waals surface area contributed by atoms with Crippen molar-refractivity contribution in [1.29, 1.82) is 0 Å². The third kappa shape index (κ3) is 66.9. The molecule has 470 valence electrons. The van der Waals surface area contributed by atoms with Gasteiger partial charge in [-0.25, -0.2) is 0 Å². The summed E-state index contributed by atoms with van der Waals surface area (Å²) in [4.78, 5) is 38.4. The fourth-order valence-electron chi connectivity index (χ4n) is 9.75. The van der Waals surface area contributed by atoms with Crippen LogP contribution in [0.15, 0.2) is 109 Å². The molecule has 0 bridgehead atoms. The fraction of sp³-hybridized carbons (Fsp3) is 0.724. The third-order valence-corrected chi connectivity index (χ3v) is 15.0. The van der Waals surface area contributed by atoms with Crippen LogP contribution in [0.1, 0.15) is 335 Å². The zero-order chi connectivity index (χ0) is 59.2. The Morgan fingerprint density at radius 1 is 0.256 bits per heavy atom. The molecule has 0 aromatic rings. The maximum absolute atomic E-state index is 12.9. The predicted molar refractivity (Wildman–Crippen MR) is 357 cm³/mol. The number of unbranched alkanes of at least 4 members (excludes halogenated alkanes) is 34. The van der Waals surface area contributed by atoms with Gasteiger partial charge in [-0.05, 0) is 122 Å². The molecule has 0 saturated heterocycles. The molecule has 0 radical (unpaired) electrons. The Morgan fingerprint density at radius 2 is 0.488 bits per heavy atom. The third-order valence-electron chi connectivity index (χ3n) is 15.0. The van der Waals surface area contributed by atoms with E-state index in [1.807, 2.05) is 0 Å². The van der Waals surface area contributed by atoms with Gasteiger partial charge in [-0.3, -0.25) is 14.4 Å². The van der Waals surface area contributed by atoms with E-state index in [1.54, 1.807) is 0 Å². The Hall–Kier alpha value is -3.93. The summed E-state index contributed by atoms with van der Waals surface area (Å²) in [6.45, 7) is 6.48. The summed E-state index contributed by atoms with van der Waals surface area (Å²) >= 11 is 0. The number of rotatable bonds is 63.